The second kappa shape index (κ2) is 13.0. The number of nitrogens with zero attached hydrogens (tertiary/aromatic N) is 2. The van der Waals surface area contributed by atoms with Crippen LogP contribution in [0.1, 0.15) is 30.9 Å². The fourth-order valence-electron chi connectivity index (χ4n) is 2.80. The third-order valence-electron chi connectivity index (χ3n) is 4.32. The van der Waals surface area contributed by atoms with Gasteiger partial charge in [0.2, 0.25) is 5.91 Å². The van der Waals surface area contributed by atoms with Crippen molar-refractivity contribution in [2.24, 2.45) is 4.99 Å². The molecule has 2 aromatic carbocycles. The van der Waals surface area contributed by atoms with E-state index in [0.29, 0.717) is 13.0 Å². The van der Waals surface area contributed by atoms with Crippen LogP contribution in [-0.4, -0.2) is 38.0 Å². The summed E-state index contributed by atoms with van der Waals surface area (Å²) in [6.07, 6.45) is 1.39. The summed E-state index contributed by atoms with van der Waals surface area (Å²) in [6, 6.07) is 15.9. The van der Waals surface area contributed by atoms with Gasteiger partial charge in [0, 0.05) is 39.3 Å². The number of anilines is 1. The van der Waals surface area contributed by atoms with Crippen molar-refractivity contribution in [3.63, 3.8) is 0 Å². The zero-order valence-electron chi connectivity index (χ0n) is 17.6. The highest BCUT2D eigenvalue weighted by Crippen LogP contribution is 2.13. The lowest BCUT2D eigenvalue weighted by Gasteiger charge is -2.22. The molecule has 7 heteroatoms. The molecular weight excluding hydrogens is 479 g/mol. The lowest BCUT2D eigenvalue weighted by Crippen LogP contribution is -2.38. The molecule has 1 amide bonds. The van der Waals surface area contributed by atoms with Gasteiger partial charge >= 0.3 is 0 Å². The summed E-state index contributed by atoms with van der Waals surface area (Å²) >= 11 is 0. The van der Waals surface area contributed by atoms with Crippen molar-refractivity contribution in [1.29, 1.82) is 0 Å². The van der Waals surface area contributed by atoms with Crippen molar-refractivity contribution in [1.82, 2.24) is 10.2 Å². The van der Waals surface area contributed by atoms with Crippen LogP contribution >= 0.6 is 24.0 Å². The molecule has 0 bridgehead atoms. The third kappa shape index (κ3) is 8.31. The number of amides is 1. The Morgan fingerprint density at radius 1 is 1.07 bits per heavy atom. The maximum absolute atomic E-state index is 11.7. The fraction of sp³-hybridized carbons (Fsp3) is 0.364. The Labute approximate surface area is 190 Å². The number of ether oxygens (including phenoxy) is 1. The van der Waals surface area contributed by atoms with Gasteiger partial charge in [-0.3, -0.25) is 9.79 Å². The summed E-state index contributed by atoms with van der Waals surface area (Å²) < 4.78 is 5.20. The van der Waals surface area contributed by atoms with Gasteiger partial charge in [-0.05, 0) is 41.8 Å². The minimum atomic E-state index is 0. The van der Waals surface area contributed by atoms with Crippen LogP contribution in [0.5, 0.6) is 5.75 Å². The summed E-state index contributed by atoms with van der Waals surface area (Å²) in [7, 11) is 5.45. The fourth-order valence-corrected chi connectivity index (χ4v) is 2.80. The van der Waals surface area contributed by atoms with E-state index in [1.807, 2.05) is 62.5 Å². The molecule has 0 aromatic heterocycles. The highest BCUT2D eigenvalue weighted by Gasteiger charge is 2.07. The molecule has 2 aromatic rings. The number of hydrogen-bond acceptors (Lipinski definition) is 3. The van der Waals surface area contributed by atoms with Crippen molar-refractivity contribution in [2.75, 3.05) is 26.5 Å². The Morgan fingerprint density at radius 2 is 1.69 bits per heavy atom. The lowest BCUT2D eigenvalue weighted by molar-refractivity contribution is -0.116. The van der Waals surface area contributed by atoms with Crippen LogP contribution in [0.15, 0.2) is 53.5 Å². The molecule has 0 aliphatic heterocycles. The Hall–Kier alpha value is -2.29. The summed E-state index contributed by atoms with van der Waals surface area (Å²) in [6.45, 7) is 3.39. The predicted octanol–water partition coefficient (Wildman–Crippen LogP) is 4.26. The van der Waals surface area contributed by atoms with Crippen LogP contribution in [0.4, 0.5) is 5.69 Å². The molecule has 0 spiro atoms. The lowest BCUT2D eigenvalue weighted by atomic mass is 10.2. The second-order valence-electron chi connectivity index (χ2n) is 6.60. The van der Waals surface area contributed by atoms with E-state index in [4.69, 9.17) is 4.74 Å². The number of methoxy groups -OCH3 is 1. The van der Waals surface area contributed by atoms with Crippen LogP contribution in [0.3, 0.4) is 0 Å². The van der Waals surface area contributed by atoms with E-state index in [1.54, 1.807) is 14.2 Å². The third-order valence-corrected chi connectivity index (χ3v) is 4.32. The molecule has 0 aliphatic rings. The molecular formula is C22H31IN4O2. The van der Waals surface area contributed by atoms with Gasteiger partial charge in [-0.25, -0.2) is 0 Å². The quantitative estimate of drug-likeness (QED) is 0.317. The van der Waals surface area contributed by atoms with Gasteiger partial charge in [0.15, 0.2) is 5.96 Å². The molecule has 0 unspecified atom stereocenters. The largest absolute Gasteiger partial charge is 0.497 e. The maximum Gasteiger partial charge on any atom is 0.224 e. The van der Waals surface area contributed by atoms with Crippen LogP contribution in [0.2, 0.25) is 0 Å². The Kier molecular flexibility index (Phi) is 11.1. The van der Waals surface area contributed by atoms with Crippen LogP contribution in [0, 0.1) is 0 Å². The number of aliphatic imine (C=N–C) groups is 1. The number of guanidine groups is 1. The minimum absolute atomic E-state index is 0. The highest BCUT2D eigenvalue weighted by atomic mass is 127. The van der Waals surface area contributed by atoms with Gasteiger partial charge < -0.3 is 20.3 Å². The molecule has 0 saturated carbocycles. The highest BCUT2D eigenvalue weighted by molar-refractivity contribution is 14.0. The zero-order chi connectivity index (χ0) is 20.4. The first-order valence-electron chi connectivity index (χ1n) is 9.49. The summed E-state index contributed by atoms with van der Waals surface area (Å²) in [5.74, 6) is 1.72. The van der Waals surface area contributed by atoms with Gasteiger partial charge in [-0.1, -0.05) is 31.2 Å². The molecule has 0 fully saturated rings. The normalized spacial score (nSPS) is 10.7. The number of carbonyl (C=O) groups is 1. The number of carbonyl (C=O) groups excluding carboxylic acids is 1. The Morgan fingerprint density at radius 3 is 2.24 bits per heavy atom. The van der Waals surface area contributed by atoms with Crippen molar-refractivity contribution in [3.8, 4) is 5.75 Å². The predicted molar refractivity (Wildman–Crippen MR) is 130 cm³/mol. The smallest absolute Gasteiger partial charge is 0.224 e. The van der Waals surface area contributed by atoms with E-state index in [1.165, 1.54) is 5.56 Å². The Balaban J connectivity index is 0.00000420. The molecule has 0 heterocycles. The van der Waals surface area contributed by atoms with E-state index in [-0.39, 0.29) is 29.9 Å². The monoisotopic (exact) mass is 510 g/mol. The maximum atomic E-state index is 11.7. The van der Waals surface area contributed by atoms with Gasteiger partial charge in [-0.15, -0.1) is 24.0 Å². The zero-order valence-corrected chi connectivity index (χ0v) is 19.9. The van der Waals surface area contributed by atoms with Gasteiger partial charge in [0.25, 0.3) is 0 Å². The van der Waals surface area contributed by atoms with Crippen LogP contribution in [0.25, 0.3) is 0 Å². The summed E-state index contributed by atoms with van der Waals surface area (Å²) in [4.78, 5) is 18.1. The standard InChI is InChI=1S/C22H30N4O2.HI/c1-5-6-21(27)25-19-11-7-17(8-12-19)15-24-22(23-2)26(3)16-18-9-13-20(28-4)14-10-18;/h7-14H,5-6,15-16H2,1-4H3,(H,23,24)(H,25,27);1H. The van der Waals surface area contributed by atoms with Crippen molar-refractivity contribution in [3.05, 3.63) is 59.7 Å². The molecule has 0 aliphatic carbocycles. The average Bonchev–Trinajstić information content (AvgIpc) is 2.70. The summed E-state index contributed by atoms with van der Waals surface area (Å²) in [5.41, 5.74) is 3.12. The first-order chi connectivity index (χ1) is 13.5. The van der Waals surface area contributed by atoms with Gasteiger partial charge in [0.05, 0.1) is 7.11 Å². The Bertz CT molecular complexity index is 776. The molecule has 0 atom stereocenters. The minimum Gasteiger partial charge on any atom is -0.497 e. The summed E-state index contributed by atoms with van der Waals surface area (Å²) in [5, 5.41) is 6.27. The number of hydrogen-bond donors (Lipinski definition) is 2. The number of halogens is 1. The van der Waals surface area contributed by atoms with Gasteiger partial charge in [-0.2, -0.15) is 0 Å². The van der Waals surface area contributed by atoms with Crippen LogP contribution in [-0.2, 0) is 17.9 Å². The van der Waals surface area contributed by atoms with E-state index < -0.39 is 0 Å². The van der Waals surface area contributed by atoms with E-state index in [9.17, 15) is 4.79 Å². The van der Waals surface area contributed by atoms with Gasteiger partial charge in [0.1, 0.15) is 5.75 Å². The van der Waals surface area contributed by atoms with E-state index >= 15 is 0 Å². The van der Waals surface area contributed by atoms with E-state index in [2.05, 4.69) is 20.5 Å². The molecule has 2 N–H and O–H groups in total. The first kappa shape index (κ1) is 24.7. The number of nitrogens with one attached hydrogen (secondary N) is 2. The second-order valence-corrected chi connectivity index (χ2v) is 6.60. The van der Waals surface area contributed by atoms with Crippen molar-refractivity contribution >= 4 is 41.5 Å². The average molecular weight is 510 g/mol. The number of benzene rings is 2. The molecule has 29 heavy (non-hydrogen) atoms. The van der Waals surface area contributed by atoms with Crippen molar-refractivity contribution < 1.29 is 9.53 Å². The molecule has 2 rings (SSSR count). The molecule has 0 radical (unpaired) electrons. The van der Waals surface area contributed by atoms with E-state index in [0.717, 1.165) is 35.9 Å². The molecule has 6 nitrogen and oxygen atoms in total. The SMILES string of the molecule is CCCC(=O)Nc1ccc(CNC(=NC)N(C)Cc2ccc(OC)cc2)cc1.I. The first-order valence-corrected chi connectivity index (χ1v) is 9.49. The van der Waals surface area contributed by atoms with Crippen molar-refractivity contribution in [2.45, 2.75) is 32.9 Å². The topological polar surface area (TPSA) is 66.0 Å². The molecule has 158 valence electrons. The number of rotatable bonds is 8. The molecule has 0 saturated heterocycles. The van der Waals surface area contributed by atoms with Crippen LogP contribution < -0.4 is 15.4 Å².